The summed E-state index contributed by atoms with van der Waals surface area (Å²) in [6.07, 6.45) is 0.899. The van der Waals surface area contributed by atoms with Crippen LogP contribution in [0.1, 0.15) is 29.2 Å². The minimum Gasteiger partial charge on any atom is -0.302 e. The molecule has 2 bridgehead atoms. The minimum atomic E-state index is -1.18. The van der Waals surface area contributed by atoms with Crippen LogP contribution in [-0.2, 0) is 25.2 Å². The molecule has 4 aliphatic rings. The summed E-state index contributed by atoms with van der Waals surface area (Å²) in [6.45, 7) is 2.05. The quantitative estimate of drug-likeness (QED) is 0.411. The van der Waals surface area contributed by atoms with Crippen LogP contribution in [0.5, 0.6) is 0 Å². The maximum atomic E-state index is 13.9. The second-order valence-electron chi connectivity index (χ2n) is 8.70. The van der Waals surface area contributed by atoms with Crippen LogP contribution in [0.2, 0.25) is 0 Å². The summed E-state index contributed by atoms with van der Waals surface area (Å²) in [4.78, 5) is 42.2. The number of halogens is 1. The third kappa shape index (κ3) is 1.94. The summed E-state index contributed by atoms with van der Waals surface area (Å²) in [7, 11) is 0. The van der Waals surface area contributed by atoms with Gasteiger partial charge < -0.3 is 4.79 Å². The highest BCUT2D eigenvalue weighted by atomic mass is 79.9. The molecule has 1 saturated heterocycles. The van der Waals surface area contributed by atoms with Crippen LogP contribution >= 0.6 is 15.9 Å². The van der Waals surface area contributed by atoms with Gasteiger partial charge in [-0.15, -0.1) is 0 Å². The van der Waals surface area contributed by atoms with E-state index in [0.717, 1.165) is 28.5 Å². The van der Waals surface area contributed by atoms with Gasteiger partial charge in [0.2, 0.25) is 11.8 Å². The van der Waals surface area contributed by atoms with Crippen LogP contribution in [0.3, 0.4) is 0 Å². The third-order valence-electron chi connectivity index (χ3n) is 7.56. The molecule has 0 spiro atoms. The lowest BCUT2D eigenvalue weighted by Crippen LogP contribution is -2.61. The van der Waals surface area contributed by atoms with Gasteiger partial charge in [0.25, 0.3) is 0 Å². The van der Waals surface area contributed by atoms with E-state index in [1.54, 1.807) is 12.1 Å². The van der Waals surface area contributed by atoms with Crippen LogP contribution in [0.25, 0.3) is 0 Å². The largest absolute Gasteiger partial charge is 0.302 e. The molecule has 1 aliphatic heterocycles. The number of hydrogen-bond acceptors (Lipinski definition) is 3. The predicted octanol–water partition coefficient (Wildman–Crippen LogP) is 4.37. The summed E-state index contributed by atoms with van der Waals surface area (Å²) in [5, 5.41) is 0. The van der Waals surface area contributed by atoms with Crippen molar-refractivity contribution in [2.24, 2.45) is 11.8 Å². The summed E-state index contributed by atoms with van der Waals surface area (Å²) >= 11 is 3.49. The monoisotopic (exact) mass is 471 g/mol. The topological polar surface area (TPSA) is 54.5 Å². The zero-order valence-corrected chi connectivity index (χ0v) is 18.3. The molecule has 0 aromatic heterocycles. The molecule has 31 heavy (non-hydrogen) atoms. The SMILES string of the molecule is CC12c3ccccc3C(C=O)(c3ccccc31)[C@H]1C(=O)N(c3ccccc3Br)C(=O)[C@@H]12. The predicted molar refractivity (Wildman–Crippen MR) is 120 cm³/mol. The van der Waals surface area contributed by atoms with Crippen molar-refractivity contribution in [3.63, 3.8) is 0 Å². The van der Waals surface area contributed by atoms with Crippen LogP contribution < -0.4 is 4.90 Å². The van der Waals surface area contributed by atoms with E-state index in [9.17, 15) is 14.4 Å². The first-order chi connectivity index (χ1) is 15.0. The van der Waals surface area contributed by atoms with Gasteiger partial charge in [0, 0.05) is 9.89 Å². The van der Waals surface area contributed by atoms with Crippen molar-refractivity contribution in [3.8, 4) is 0 Å². The Balaban J connectivity index is 1.71. The molecular formula is C26H18BrNO3. The van der Waals surface area contributed by atoms with Crippen molar-refractivity contribution in [3.05, 3.63) is 99.5 Å². The maximum absolute atomic E-state index is 13.9. The lowest BCUT2D eigenvalue weighted by molar-refractivity contribution is -0.129. The Kier molecular flexibility index (Phi) is 3.63. The second kappa shape index (κ2) is 6.01. The Morgan fingerprint density at radius 1 is 0.774 bits per heavy atom. The molecule has 4 nitrogen and oxygen atoms in total. The fraction of sp³-hybridized carbons (Fsp3) is 0.192. The summed E-state index contributed by atoms with van der Waals surface area (Å²) in [5.41, 5.74) is 2.22. The van der Waals surface area contributed by atoms with Gasteiger partial charge in [0.05, 0.1) is 22.9 Å². The number of carbonyl (C=O) groups excluding carboxylic acids is 3. The average Bonchev–Trinajstić information content (AvgIpc) is 3.07. The fourth-order valence-electron chi connectivity index (χ4n) is 6.33. The lowest BCUT2D eigenvalue weighted by atomic mass is 9.42. The van der Waals surface area contributed by atoms with Crippen molar-refractivity contribution in [2.75, 3.05) is 4.90 Å². The first-order valence-corrected chi connectivity index (χ1v) is 11.1. The highest BCUT2D eigenvalue weighted by molar-refractivity contribution is 9.10. The first-order valence-electron chi connectivity index (χ1n) is 10.3. The Morgan fingerprint density at radius 3 is 1.81 bits per heavy atom. The van der Waals surface area contributed by atoms with E-state index in [1.165, 1.54) is 4.90 Å². The molecule has 7 rings (SSSR count). The third-order valence-corrected chi connectivity index (χ3v) is 8.23. The summed E-state index contributed by atoms with van der Waals surface area (Å²) < 4.78 is 0.669. The van der Waals surface area contributed by atoms with Gasteiger partial charge in [0.15, 0.2) is 0 Å². The number of aldehydes is 1. The van der Waals surface area contributed by atoms with E-state index in [1.807, 2.05) is 67.6 Å². The van der Waals surface area contributed by atoms with E-state index < -0.39 is 22.7 Å². The highest BCUT2D eigenvalue weighted by Crippen LogP contribution is 2.66. The average molecular weight is 472 g/mol. The standard InChI is InChI=1S/C26H18BrNO3/c1-25-15-8-2-4-10-17(15)26(14-29,18-11-5-3-9-16(18)25)22-21(25)23(30)28(24(22)31)20-13-7-6-12-19(20)27/h2-14,21-22H,1H3/t21-,22-,25?,26?/m1/s1. The van der Waals surface area contributed by atoms with Crippen molar-refractivity contribution in [2.45, 2.75) is 17.8 Å². The van der Waals surface area contributed by atoms with Crippen molar-refractivity contribution in [1.82, 2.24) is 0 Å². The van der Waals surface area contributed by atoms with Crippen LogP contribution in [0.4, 0.5) is 5.69 Å². The Morgan fingerprint density at radius 2 is 1.26 bits per heavy atom. The molecule has 3 aliphatic carbocycles. The van der Waals surface area contributed by atoms with Gasteiger partial charge in [-0.05, 0) is 50.3 Å². The van der Waals surface area contributed by atoms with Gasteiger partial charge in [-0.2, -0.15) is 0 Å². The molecule has 0 radical (unpaired) electrons. The van der Waals surface area contributed by atoms with E-state index >= 15 is 0 Å². The first kappa shape index (κ1) is 18.7. The van der Waals surface area contributed by atoms with Gasteiger partial charge >= 0.3 is 0 Å². The van der Waals surface area contributed by atoms with Gasteiger partial charge in [-0.1, -0.05) is 67.6 Å². The van der Waals surface area contributed by atoms with Gasteiger partial charge in [-0.3, -0.25) is 9.59 Å². The number of benzene rings is 3. The number of nitrogens with zero attached hydrogens (tertiary/aromatic N) is 1. The Bertz CT molecular complexity index is 1270. The highest BCUT2D eigenvalue weighted by Gasteiger charge is 2.72. The molecule has 0 saturated carbocycles. The van der Waals surface area contributed by atoms with Crippen molar-refractivity contribution < 1.29 is 14.4 Å². The van der Waals surface area contributed by atoms with E-state index in [-0.39, 0.29) is 11.8 Å². The van der Waals surface area contributed by atoms with Crippen molar-refractivity contribution in [1.29, 1.82) is 0 Å². The lowest BCUT2D eigenvalue weighted by Gasteiger charge is -2.56. The number of rotatable bonds is 2. The molecule has 0 N–H and O–H groups in total. The number of anilines is 1. The van der Waals surface area contributed by atoms with Crippen LogP contribution in [-0.4, -0.2) is 18.1 Å². The molecule has 0 unspecified atom stereocenters. The Hall–Kier alpha value is -3.05. The number of para-hydroxylation sites is 1. The Labute approximate surface area is 188 Å². The summed E-state index contributed by atoms with van der Waals surface area (Å²) in [5.74, 6) is -2.00. The van der Waals surface area contributed by atoms with Gasteiger partial charge in [0.1, 0.15) is 6.29 Å². The number of imide groups is 1. The van der Waals surface area contributed by atoms with Crippen LogP contribution in [0.15, 0.2) is 77.3 Å². The normalized spacial score (nSPS) is 30.1. The van der Waals surface area contributed by atoms with Crippen LogP contribution in [0, 0.1) is 11.8 Å². The molecule has 152 valence electrons. The van der Waals surface area contributed by atoms with Crippen molar-refractivity contribution >= 4 is 39.7 Å². The molecule has 3 aromatic carbocycles. The minimum absolute atomic E-state index is 0.250. The second-order valence-corrected chi connectivity index (χ2v) is 9.55. The number of amides is 2. The molecule has 2 atom stereocenters. The smallest absolute Gasteiger partial charge is 0.239 e. The van der Waals surface area contributed by atoms with Gasteiger partial charge in [-0.25, -0.2) is 4.90 Å². The fourth-order valence-corrected chi connectivity index (χ4v) is 6.80. The van der Waals surface area contributed by atoms with E-state index in [2.05, 4.69) is 15.9 Å². The zero-order chi connectivity index (χ0) is 21.5. The summed E-state index contributed by atoms with van der Waals surface area (Å²) in [6, 6.07) is 22.8. The number of hydrogen-bond donors (Lipinski definition) is 0. The molecule has 5 heteroatoms. The maximum Gasteiger partial charge on any atom is 0.239 e. The molecule has 2 amide bonds. The van der Waals surface area contributed by atoms with E-state index in [0.29, 0.717) is 10.2 Å². The molecular weight excluding hydrogens is 454 g/mol. The molecule has 1 heterocycles. The zero-order valence-electron chi connectivity index (χ0n) is 16.7. The number of carbonyl (C=O) groups is 3. The molecule has 1 fully saturated rings. The van der Waals surface area contributed by atoms with E-state index in [4.69, 9.17) is 0 Å². The molecule has 3 aromatic rings.